The predicted octanol–water partition coefficient (Wildman–Crippen LogP) is 2.11. The fraction of sp³-hybridized carbons (Fsp3) is 0.526. The Morgan fingerprint density at radius 2 is 1.69 bits per heavy atom. The van der Waals surface area contributed by atoms with Crippen LogP contribution in [-0.4, -0.2) is 74.2 Å². The van der Waals surface area contributed by atoms with Crippen LogP contribution in [0.4, 0.5) is 0 Å². The van der Waals surface area contributed by atoms with Crippen LogP contribution in [0.2, 0.25) is 0 Å². The molecule has 1 aromatic carbocycles. The maximum atomic E-state index is 13.0. The second-order valence-corrected chi connectivity index (χ2v) is 6.85. The normalized spacial score (nSPS) is 18.2. The molecule has 0 spiro atoms. The molecule has 1 amide bonds. The first kappa shape index (κ1) is 17.0. The maximum absolute atomic E-state index is 13.0. The summed E-state index contributed by atoms with van der Waals surface area (Å²) in [5, 5.41) is 0.810. The Morgan fingerprint density at radius 1 is 1.00 bits per heavy atom. The van der Waals surface area contributed by atoms with Crippen LogP contribution < -0.4 is 14.2 Å². The highest BCUT2D eigenvalue weighted by Gasteiger charge is 2.33. The molecule has 1 saturated carbocycles. The van der Waals surface area contributed by atoms with Crippen LogP contribution in [0.3, 0.4) is 0 Å². The number of piperazine rings is 1. The van der Waals surface area contributed by atoms with E-state index >= 15 is 0 Å². The van der Waals surface area contributed by atoms with Gasteiger partial charge in [0.15, 0.2) is 11.5 Å². The fourth-order valence-corrected chi connectivity index (χ4v) is 3.75. The Bertz CT molecular complexity index is 820. The minimum Gasteiger partial charge on any atom is -0.496 e. The molecule has 26 heavy (non-hydrogen) atoms. The molecule has 2 fully saturated rings. The molecular formula is C19H25N3O4. The first-order chi connectivity index (χ1) is 12.7. The van der Waals surface area contributed by atoms with Gasteiger partial charge in [-0.15, -0.1) is 0 Å². The number of ether oxygens (including phenoxy) is 3. The van der Waals surface area contributed by atoms with Crippen LogP contribution in [0, 0.1) is 0 Å². The van der Waals surface area contributed by atoms with E-state index in [9.17, 15) is 4.79 Å². The van der Waals surface area contributed by atoms with Gasteiger partial charge in [-0.3, -0.25) is 9.69 Å². The van der Waals surface area contributed by atoms with Crippen molar-refractivity contribution >= 4 is 16.8 Å². The highest BCUT2D eigenvalue weighted by Crippen LogP contribution is 2.41. The van der Waals surface area contributed by atoms with E-state index in [0.717, 1.165) is 37.6 Å². The summed E-state index contributed by atoms with van der Waals surface area (Å²) < 4.78 is 16.3. The number of hydrogen-bond donors (Lipinski definition) is 1. The zero-order valence-electron chi connectivity index (χ0n) is 15.5. The molecule has 2 aliphatic rings. The van der Waals surface area contributed by atoms with Crippen molar-refractivity contribution in [1.82, 2.24) is 14.8 Å². The van der Waals surface area contributed by atoms with Gasteiger partial charge < -0.3 is 24.1 Å². The van der Waals surface area contributed by atoms with Gasteiger partial charge >= 0.3 is 0 Å². The standard InChI is InChI=1S/C19H25N3O4/c1-24-15-11-16(25-2)18(26-3)17-13(15)10-14(20-17)19(23)22-8-6-21(7-9-22)12-4-5-12/h10-12,20H,4-9H2,1-3H3. The van der Waals surface area contributed by atoms with Crippen LogP contribution in [0.1, 0.15) is 23.3 Å². The average molecular weight is 359 g/mol. The third kappa shape index (κ3) is 2.86. The number of rotatable bonds is 5. The summed E-state index contributed by atoms with van der Waals surface area (Å²) in [6.45, 7) is 3.44. The van der Waals surface area contributed by atoms with Crippen LogP contribution in [-0.2, 0) is 0 Å². The summed E-state index contributed by atoms with van der Waals surface area (Å²) in [6, 6.07) is 4.37. The highest BCUT2D eigenvalue weighted by molar-refractivity contribution is 6.02. The van der Waals surface area contributed by atoms with E-state index in [4.69, 9.17) is 14.2 Å². The van der Waals surface area contributed by atoms with Crippen molar-refractivity contribution in [3.63, 3.8) is 0 Å². The fourth-order valence-electron chi connectivity index (χ4n) is 3.75. The smallest absolute Gasteiger partial charge is 0.270 e. The molecule has 4 rings (SSSR count). The number of nitrogens with one attached hydrogen (secondary N) is 1. The number of methoxy groups -OCH3 is 3. The lowest BCUT2D eigenvalue weighted by Gasteiger charge is -2.34. The van der Waals surface area contributed by atoms with Crippen molar-refractivity contribution in [2.24, 2.45) is 0 Å². The molecule has 0 atom stereocenters. The first-order valence-electron chi connectivity index (χ1n) is 9.01. The lowest BCUT2D eigenvalue weighted by molar-refractivity contribution is 0.0622. The van der Waals surface area contributed by atoms with Crippen molar-refractivity contribution in [3.05, 3.63) is 17.8 Å². The van der Waals surface area contributed by atoms with Gasteiger partial charge in [-0.05, 0) is 18.9 Å². The quantitative estimate of drug-likeness (QED) is 0.886. The molecule has 0 bridgehead atoms. The predicted molar refractivity (Wildman–Crippen MR) is 98.5 cm³/mol. The third-order valence-electron chi connectivity index (χ3n) is 5.34. The van der Waals surface area contributed by atoms with Gasteiger partial charge in [-0.1, -0.05) is 0 Å². The van der Waals surface area contributed by atoms with Crippen LogP contribution >= 0.6 is 0 Å². The highest BCUT2D eigenvalue weighted by atomic mass is 16.5. The molecule has 140 valence electrons. The third-order valence-corrected chi connectivity index (χ3v) is 5.34. The number of H-pyrrole nitrogens is 1. The summed E-state index contributed by atoms with van der Waals surface area (Å²) in [7, 11) is 4.77. The van der Waals surface area contributed by atoms with E-state index in [0.29, 0.717) is 28.5 Å². The number of nitrogens with zero attached hydrogens (tertiary/aromatic N) is 2. The Labute approximate surface area is 152 Å². The van der Waals surface area contributed by atoms with Gasteiger partial charge in [0, 0.05) is 43.7 Å². The second kappa shape index (κ2) is 6.72. The molecule has 0 radical (unpaired) electrons. The Balaban J connectivity index is 1.63. The zero-order valence-corrected chi connectivity index (χ0v) is 15.5. The minimum absolute atomic E-state index is 0.0136. The van der Waals surface area contributed by atoms with Gasteiger partial charge in [-0.25, -0.2) is 0 Å². The number of benzene rings is 1. The largest absolute Gasteiger partial charge is 0.496 e. The molecule has 0 unspecified atom stereocenters. The Morgan fingerprint density at radius 3 is 2.27 bits per heavy atom. The number of aromatic amines is 1. The number of hydrogen-bond acceptors (Lipinski definition) is 5. The van der Waals surface area contributed by atoms with E-state index in [1.165, 1.54) is 12.8 Å². The van der Waals surface area contributed by atoms with Crippen molar-refractivity contribution in [1.29, 1.82) is 0 Å². The van der Waals surface area contributed by atoms with E-state index in [2.05, 4.69) is 9.88 Å². The van der Waals surface area contributed by atoms with Crippen LogP contribution in [0.5, 0.6) is 17.2 Å². The number of aromatic nitrogens is 1. The molecule has 1 N–H and O–H groups in total. The Kier molecular flexibility index (Phi) is 4.40. The van der Waals surface area contributed by atoms with E-state index in [1.807, 2.05) is 11.0 Å². The van der Waals surface area contributed by atoms with Crippen molar-refractivity contribution in [2.45, 2.75) is 18.9 Å². The van der Waals surface area contributed by atoms with E-state index in [-0.39, 0.29) is 5.91 Å². The summed E-state index contributed by atoms with van der Waals surface area (Å²) in [5.41, 5.74) is 1.26. The number of carbonyl (C=O) groups excluding carboxylic acids is 1. The SMILES string of the molecule is COc1cc(OC)c2cc(C(=O)N3CCN(C4CC4)CC3)[nH]c2c1OC. The molecule has 2 aromatic rings. The van der Waals surface area contributed by atoms with Gasteiger partial charge in [-0.2, -0.15) is 0 Å². The van der Waals surface area contributed by atoms with Gasteiger partial charge in [0.2, 0.25) is 0 Å². The number of amides is 1. The van der Waals surface area contributed by atoms with Gasteiger partial charge in [0.1, 0.15) is 11.4 Å². The van der Waals surface area contributed by atoms with Gasteiger partial charge in [0.05, 0.1) is 26.8 Å². The average Bonchev–Trinajstić information content (AvgIpc) is 3.44. The van der Waals surface area contributed by atoms with Crippen molar-refractivity contribution in [2.75, 3.05) is 47.5 Å². The molecule has 7 nitrogen and oxygen atoms in total. The first-order valence-corrected chi connectivity index (χ1v) is 9.01. The molecule has 1 aliphatic heterocycles. The van der Waals surface area contributed by atoms with Crippen molar-refractivity contribution < 1.29 is 19.0 Å². The lowest BCUT2D eigenvalue weighted by atomic mass is 10.2. The molecule has 1 aromatic heterocycles. The zero-order chi connectivity index (χ0) is 18.3. The molecular weight excluding hydrogens is 334 g/mol. The monoisotopic (exact) mass is 359 g/mol. The topological polar surface area (TPSA) is 67.0 Å². The lowest BCUT2D eigenvalue weighted by Crippen LogP contribution is -2.49. The summed E-state index contributed by atoms with van der Waals surface area (Å²) in [6.07, 6.45) is 2.61. The molecule has 1 saturated heterocycles. The van der Waals surface area contributed by atoms with Crippen LogP contribution in [0.15, 0.2) is 12.1 Å². The second-order valence-electron chi connectivity index (χ2n) is 6.85. The summed E-state index contributed by atoms with van der Waals surface area (Å²) in [5.74, 6) is 1.79. The maximum Gasteiger partial charge on any atom is 0.270 e. The van der Waals surface area contributed by atoms with E-state index < -0.39 is 0 Å². The molecule has 1 aliphatic carbocycles. The molecule has 2 heterocycles. The summed E-state index contributed by atoms with van der Waals surface area (Å²) in [4.78, 5) is 20.6. The van der Waals surface area contributed by atoms with Gasteiger partial charge in [0.25, 0.3) is 5.91 Å². The van der Waals surface area contributed by atoms with Crippen molar-refractivity contribution in [3.8, 4) is 17.2 Å². The minimum atomic E-state index is 0.0136. The summed E-state index contributed by atoms with van der Waals surface area (Å²) >= 11 is 0. The van der Waals surface area contributed by atoms with E-state index in [1.54, 1.807) is 27.4 Å². The Hall–Kier alpha value is -2.41. The number of carbonyl (C=O) groups is 1. The molecule has 7 heteroatoms. The van der Waals surface area contributed by atoms with Crippen LogP contribution in [0.25, 0.3) is 10.9 Å². The number of fused-ring (bicyclic) bond motifs is 1.